The third-order valence-electron chi connectivity index (χ3n) is 4.58. The van der Waals surface area contributed by atoms with Crippen LogP contribution in [0.5, 0.6) is 0 Å². The van der Waals surface area contributed by atoms with Gasteiger partial charge in [0.1, 0.15) is 0 Å². The number of aliphatic hydroxyl groups excluding tert-OH is 1. The molecule has 2 unspecified atom stereocenters. The van der Waals surface area contributed by atoms with Crippen LogP contribution in [0.2, 0.25) is 0 Å². The molecule has 0 spiro atoms. The molecular formula is C17H19BrN2O. The van der Waals surface area contributed by atoms with Crippen LogP contribution in [0.4, 0.5) is 0 Å². The molecule has 0 radical (unpaired) electrons. The molecule has 3 rings (SSSR count). The van der Waals surface area contributed by atoms with Gasteiger partial charge >= 0.3 is 0 Å². The lowest BCUT2D eigenvalue weighted by molar-refractivity contribution is 0.0175. The number of aryl methyl sites for hydroxylation is 1. The van der Waals surface area contributed by atoms with Gasteiger partial charge in [-0.05, 0) is 52.4 Å². The molecule has 21 heavy (non-hydrogen) atoms. The number of nitrogens with two attached hydrogens (primary N) is 1. The van der Waals surface area contributed by atoms with Crippen LogP contribution in [-0.4, -0.2) is 16.6 Å². The molecule has 3 N–H and O–H groups in total. The van der Waals surface area contributed by atoms with Crippen LogP contribution < -0.4 is 5.73 Å². The van der Waals surface area contributed by atoms with Crippen molar-refractivity contribution in [2.24, 2.45) is 11.1 Å². The monoisotopic (exact) mass is 346 g/mol. The molecule has 2 aromatic rings. The first-order chi connectivity index (χ1) is 10.1. The molecule has 0 aliphatic heterocycles. The van der Waals surface area contributed by atoms with E-state index in [0.717, 1.165) is 29.3 Å². The van der Waals surface area contributed by atoms with Gasteiger partial charge in [0, 0.05) is 34.4 Å². The molecule has 0 saturated heterocycles. The minimum atomic E-state index is -0.596. The Balaban J connectivity index is 1.95. The van der Waals surface area contributed by atoms with Gasteiger partial charge in [-0.1, -0.05) is 24.3 Å². The summed E-state index contributed by atoms with van der Waals surface area (Å²) in [7, 11) is 0. The van der Waals surface area contributed by atoms with Crippen LogP contribution >= 0.6 is 15.9 Å². The molecule has 0 fully saturated rings. The molecule has 0 amide bonds. The predicted octanol–water partition coefficient (Wildman–Crippen LogP) is 3.01. The van der Waals surface area contributed by atoms with Crippen molar-refractivity contribution < 1.29 is 5.11 Å². The quantitative estimate of drug-likeness (QED) is 0.897. The van der Waals surface area contributed by atoms with E-state index in [4.69, 9.17) is 5.73 Å². The first-order valence-electron chi connectivity index (χ1n) is 7.20. The van der Waals surface area contributed by atoms with E-state index in [-0.39, 0.29) is 5.41 Å². The maximum atomic E-state index is 10.9. The minimum Gasteiger partial charge on any atom is -0.388 e. The number of hydrogen-bond acceptors (Lipinski definition) is 3. The Morgan fingerprint density at radius 3 is 2.76 bits per heavy atom. The number of pyridine rings is 1. The number of rotatable bonds is 3. The summed E-state index contributed by atoms with van der Waals surface area (Å²) in [5.41, 5.74) is 9.28. The number of aliphatic hydroxyl groups is 1. The Bertz CT molecular complexity index is 646. The number of aromatic nitrogens is 1. The van der Waals surface area contributed by atoms with E-state index in [2.05, 4.69) is 45.2 Å². The highest BCUT2D eigenvalue weighted by Gasteiger charge is 2.40. The zero-order chi connectivity index (χ0) is 14.9. The maximum Gasteiger partial charge on any atom is 0.0876 e. The van der Waals surface area contributed by atoms with E-state index < -0.39 is 6.10 Å². The smallest absolute Gasteiger partial charge is 0.0876 e. The standard InChI is InChI=1S/C17H19BrN2O/c18-15-7-14(9-20-10-15)16(21)17(11-19)6-5-12-3-1-2-4-13(12)8-17/h1-4,7,9-10,16,21H,5-6,8,11,19H2. The van der Waals surface area contributed by atoms with Gasteiger partial charge in [-0.15, -0.1) is 0 Å². The van der Waals surface area contributed by atoms with Crippen molar-refractivity contribution in [1.82, 2.24) is 4.98 Å². The van der Waals surface area contributed by atoms with Crippen LogP contribution in [0.3, 0.4) is 0 Å². The molecule has 110 valence electrons. The fourth-order valence-corrected chi connectivity index (χ4v) is 3.66. The molecule has 1 aliphatic rings. The zero-order valence-electron chi connectivity index (χ0n) is 11.8. The van der Waals surface area contributed by atoms with Crippen molar-refractivity contribution in [3.63, 3.8) is 0 Å². The van der Waals surface area contributed by atoms with E-state index in [1.165, 1.54) is 11.1 Å². The predicted molar refractivity (Wildman–Crippen MR) is 86.9 cm³/mol. The Labute approximate surface area is 133 Å². The van der Waals surface area contributed by atoms with Crippen LogP contribution in [0.15, 0.2) is 47.2 Å². The van der Waals surface area contributed by atoms with Crippen LogP contribution in [0, 0.1) is 5.41 Å². The van der Waals surface area contributed by atoms with Crippen molar-refractivity contribution >= 4 is 15.9 Å². The molecule has 0 saturated carbocycles. The fourth-order valence-electron chi connectivity index (χ4n) is 3.28. The number of benzene rings is 1. The molecular weight excluding hydrogens is 328 g/mol. The van der Waals surface area contributed by atoms with Crippen molar-refractivity contribution in [3.05, 3.63) is 63.9 Å². The van der Waals surface area contributed by atoms with E-state index in [1.807, 2.05) is 6.07 Å². The van der Waals surface area contributed by atoms with E-state index in [9.17, 15) is 5.11 Å². The lowest BCUT2D eigenvalue weighted by Gasteiger charge is -2.41. The minimum absolute atomic E-state index is 0.309. The summed E-state index contributed by atoms with van der Waals surface area (Å²) in [6.07, 6.45) is 5.53. The molecule has 0 bridgehead atoms. The fraction of sp³-hybridized carbons (Fsp3) is 0.353. The molecule has 3 nitrogen and oxygen atoms in total. The largest absolute Gasteiger partial charge is 0.388 e. The first-order valence-corrected chi connectivity index (χ1v) is 7.99. The molecule has 4 heteroatoms. The molecule has 1 aliphatic carbocycles. The van der Waals surface area contributed by atoms with Crippen molar-refractivity contribution in [2.75, 3.05) is 6.54 Å². The average Bonchev–Trinajstić information content (AvgIpc) is 2.53. The number of fused-ring (bicyclic) bond motifs is 1. The Morgan fingerprint density at radius 1 is 1.29 bits per heavy atom. The van der Waals surface area contributed by atoms with E-state index >= 15 is 0 Å². The third-order valence-corrected chi connectivity index (χ3v) is 5.02. The van der Waals surface area contributed by atoms with Gasteiger partial charge in [0.2, 0.25) is 0 Å². The SMILES string of the molecule is NCC1(C(O)c2cncc(Br)c2)CCc2ccccc2C1. The van der Waals surface area contributed by atoms with E-state index in [1.54, 1.807) is 12.4 Å². The zero-order valence-corrected chi connectivity index (χ0v) is 13.4. The van der Waals surface area contributed by atoms with Crippen molar-refractivity contribution in [2.45, 2.75) is 25.4 Å². The molecule has 1 aromatic carbocycles. The Kier molecular flexibility index (Phi) is 4.11. The summed E-state index contributed by atoms with van der Waals surface area (Å²) in [5.74, 6) is 0. The van der Waals surface area contributed by atoms with Gasteiger partial charge in [0.05, 0.1) is 6.10 Å². The van der Waals surface area contributed by atoms with Gasteiger partial charge in [-0.3, -0.25) is 4.98 Å². The summed E-state index contributed by atoms with van der Waals surface area (Å²) in [6.45, 7) is 0.467. The summed E-state index contributed by atoms with van der Waals surface area (Å²) in [5, 5.41) is 10.9. The van der Waals surface area contributed by atoms with Crippen LogP contribution in [0.1, 0.15) is 29.2 Å². The van der Waals surface area contributed by atoms with Gasteiger partial charge in [0.25, 0.3) is 0 Å². The lowest BCUT2D eigenvalue weighted by Crippen LogP contribution is -2.41. The van der Waals surface area contributed by atoms with Crippen LogP contribution in [-0.2, 0) is 12.8 Å². The summed E-state index contributed by atoms with van der Waals surface area (Å²) in [4.78, 5) is 4.16. The van der Waals surface area contributed by atoms with Crippen molar-refractivity contribution in [1.29, 1.82) is 0 Å². The van der Waals surface area contributed by atoms with Gasteiger partial charge in [0.15, 0.2) is 0 Å². The normalized spacial score (nSPS) is 22.6. The number of halogens is 1. The molecule has 2 atom stereocenters. The maximum absolute atomic E-state index is 10.9. The van der Waals surface area contributed by atoms with Gasteiger partial charge in [-0.2, -0.15) is 0 Å². The third kappa shape index (κ3) is 2.76. The van der Waals surface area contributed by atoms with Crippen molar-refractivity contribution in [3.8, 4) is 0 Å². The van der Waals surface area contributed by atoms with Crippen LogP contribution in [0.25, 0.3) is 0 Å². The molecule has 1 aromatic heterocycles. The summed E-state index contributed by atoms with van der Waals surface area (Å²) >= 11 is 3.41. The van der Waals surface area contributed by atoms with E-state index in [0.29, 0.717) is 6.54 Å². The second-order valence-corrected chi connectivity index (χ2v) is 6.77. The topological polar surface area (TPSA) is 59.1 Å². The highest BCUT2D eigenvalue weighted by Crippen LogP contribution is 2.44. The average molecular weight is 347 g/mol. The number of hydrogen-bond donors (Lipinski definition) is 2. The highest BCUT2D eigenvalue weighted by molar-refractivity contribution is 9.10. The second kappa shape index (κ2) is 5.87. The summed E-state index contributed by atoms with van der Waals surface area (Å²) in [6, 6.07) is 10.4. The first kappa shape index (κ1) is 14.7. The second-order valence-electron chi connectivity index (χ2n) is 5.85. The Morgan fingerprint density at radius 2 is 2.05 bits per heavy atom. The number of nitrogens with zero attached hydrogens (tertiary/aromatic N) is 1. The Hall–Kier alpha value is -1.23. The summed E-state index contributed by atoms with van der Waals surface area (Å²) < 4.78 is 0.877. The van der Waals surface area contributed by atoms with Gasteiger partial charge < -0.3 is 10.8 Å². The van der Waals surface area contributed by atoms with Gasteiger partial charge in [-0.25, -0.2) is 0 Å². The lowest BCUT2D eigenvalue weighted by atomic mass is 9.67. The molecule has 1 heterocycles. The highest BCUT2D eigenvalue weighted by atomic mass is 79.9.